The second-order valence-electron chi connectivity index (χ2n) is 13.3. The highest BCUT2D eigenvalue weighted by Gasteiger charge is 2.23. The zero-order chi connectivity index (χ0) is 40.7. The molecule has 6 rings (SSSR count). The zero-order valence-corrected chi connectivity index (χ0v) is 36.8. The molecule has 4 aromatic rings. The average molecular weight is 860 g/mol. The van der Waals surface area contributed by atoms with Gasteiger partial charge in [0.25, 0.3) is 0 Å². The summed E-state index contributed by atoms with van der Waals surface area (Å²) in [7, 11) is 5.04. The van der Waals surface area contributed by atoms with Crippen molar-refractivity contribution in [2.75, 3.05) is 84.6 Å². The summed E-state index contributed by atoms with van der Waals surface area (Å²) in [6, 6.07) is 13.8. The van der Waals surface area contributed by atoms with Gasteiger partial charge in [-0.1, -0.05) is 6.07 Å². The van der Waals surface area contributed by atoms with Gasteiger partial charge in [-0.25, -0.2) is 4.98 Å². The number of amides is 1. The number of carbonyl (C=O) groups is 1. The lowest BCUT2D eigenvalue weighted by atomic mass is 9.96. The van der Waals surface area contributed by atoms with Crippen LogP contribution in [0.25, 0.3) is 22.7 Å². The number of nitrogens with one attached hydrogen (secondary N) is 2. The van der Waals surface area contributed by atoms with Crippen molar-refractivity contribution in [1.29, 1.82) is 0 Å². The Morgan fingerprint density at radius 1 is 0.881 bits per heavy atom. The predicted molar refractivity (Wildman–Crippen MR) is 239 cm³/mol. The van der Waals surface area contributed by atoms with Crippen molar-refractivity contribution in [2.45, 2.75) is 59.5 Å². The number of nitrogen functional groups attached to an aromatic ring is 1. The third-order valence-electron chi connectivity index (χ3n) is 9.40. The lowest BCUT2D eigenvalue weighted by Crippen LogP contribution is -2.36. The van der Waals surface area contributed by atoms with Gasteiger partial charge in [-0.05, 0) is 101 Å². The van der Waals surface area contributed by atoms with E-state index >= 15 is 0 Å². The fourth-order valence-electron chi connectivity index (χ4n) is 6.64. The molecule has 1 fully saturated rings. The molecule has 2 aliphatic rings. The van der Waals surface area contributed by atoms with Gasteiger partial charge in [-0.15, -0.1) is 24.8 Å². The summed E-state index contributed by atoms with van der Waals surface area (Å²) in [4.78, 5) is 22.8. The van der Waals surface area contributed by atoms with Crippen LogP contribution in [0.3, 0.4) is 0 Å². The highest BCUT2D eigenvalue weighted by Crippen LogP contribution is 2.37. The van der Waals surface area contributed by atoms with Crippen molar-refractivity contribution in [1.82, 2.24) is 20.6 Å². The van der Waals surface area contributed by atoms with Crippen LogP contribution in [0.15, 0.2) is 42.5 Å². The Bertz CT molecular complexity index is 2000. The third kappa shape index (κ3) is 12.7. The van der Waals surface area contributed by atoms with Crippen molar-refractivity contribution in [2.24, 2.45) is 0 Å². The molecule has 324 valence electrons. The van der Waals surface area contributed by atoms with Crippen molar-refractivity contribution in [3.63, 3.8) is 0 Å². The molecule has 14 nitrogen and oxygen atoms in total. The van der Waals surface area contributed by atoms with Crippen LogP contribution in [-0.4, -0.2) is 95.9 Å². The van der Waals surface area contributed by atoms with Gasteiger partial charge < -0.3 is 54.4 Å². The van der Waals surface area contributed by atoms with Crippen LogP contribution in [0.1, 0.15) is 63.6 Å². The monoisotopic (exact) mass is 858 g/mol. The molecule has 0 radical (unpaired) electrons. The quantitative estimate of drug-likeness (QED) is 0.0923. The topological polar surface area (TPSA) is 161 Å². The van der Waals surface area contributed by atoms with E-state index in [1.165, 1.54) is 5.56 Å². The molecule has 2 aliphatic heterocycles. The number of methoxy groups -OCH3 is 2. The number of benzene rings is 3. The van der Waals surface area contributed by atoms with Gasteiger partial charge in [0.2, 0.25) is 11.9 Å². The molecule has 16 heteroatoms. The number of nitrogens with two attached hydrogens (primary N) is 1. The summed E-state index contributed by atoms with van der Waals surface area (Å²) in [6.45, 7) is 13.1. The smallest absolute Gasteiger partial charge is 0.249 e. The second kappa shape index (κ2) is 24.1. The van der Waals surface area contributed by atoms with E-state index in [2.05, 4.69) is 44.9 Å². The summed E-state index contributed by atoms with van der Waals surface area (Å²) >= 11 is 0. The summed E-state index contributed by atoms with van der Waals surface area (Å²) in [5.74, 6) is 5.15. The molecule has 1 unspecified atom stereocenters. The molecule has 1 amide bonds. The molecule has 59 heavy (non-hydrogen) atoms. The Hall–Kier alpha value is -5.05. The minimum atomic E-state index is -0.298. The normalized spacial score (nSPS) is 14.6. The van der Waals surface area contributed by atoms with E-state index in [0.29, 0.717) is 80.3 Å². The first-order valence-corrected chi connectivity index (χ1v) is 19.8. The van der Waals surface area contributed by atoms with E-state index < -0.39 is 0 Å². The number of halogens is 2. The summed E-state index contributed by atoms with van der Waals surface area (Å²) in [5.41, 5.74) is 11.3. The van der Waals surface area contributed by atoms with Gasteiger partial charge in [0.15, 0.2) is 34.5 Å². The zero-order valence-electron chi connectivity index (χ0n) is 35.2. The van der Waals surface area contributed by atoms with Crippen LogP contribution in [0.5, 0.6) is 34.5 Å². The van der Waals surface area contributed by atoms with Gasteiger partial charge in [0.1, 0.15) is 11.9 Å². The predicted octanol–water partition coefficient (Wildman–Crippen LogP) is 7.12. The van der Waals surface area contributed by atoms with Crippen LogP contribution >= 0.6 is 24.8 Å². The van der Waals surface area contributed by atoms with Crippen molar-refractivity contribution in [3.8, 4) is 34.5 Å². The standard InChI is InChI=1S/C24H31NO4.C19H27N5O4.2ClH/c1-5-26-21-10-9-17(14-22(21)27-6-2)13-20-19-16-24(29-8-4)23(28-7-3)15-18(19)11-12-25-20;1-24(8-5-7-21-18(25)14-6-4-9-28-14)19-22-13-11-16(27-3)15(26-2)10-12(13)17(20)23-19;;/h9-10,13-16,25H,5-8,11-12H2,1-4H3;10-11,14H,4-9H2,1-3H3,(H,21,25)(H2,20,22,23);2*1H/b20-13+;;;. The van der Waals surface area contributed by atoms with Crippen LogP contribution in [0.2, 0.25) is 0 Å². The van der Waals surface area contributed by atoms with Crippen LogP contribution in [-0.2, 0) is 16.0 Å². The van der Waals surface area contributed by atoms with Crippen LogP contribution in [0, 0.1) is 0 Å². The number of anilines is 2. The van der Waals surface area contributed by atoms with Crippen molar-refractivity contribution >= 4 is 65.2 Å². The number of hydrogen-bond donors (Lipinski definition) is 3. The SMILES string of the molecule is CCOc1ccc(/C=C2/NCCc3cc(OCC)c(OCC)cc32)cc1OCC.COc1cc2nc(N(C)CCCNC(=O)C3CCCO3)nc(N)c2cc1OC.Cl.Cl. The van der Waals surface area contributed by atoms with E-state index in [9.17, 15) is 4.79 Å². The van der Waals surface area contributed by atoms with E-state index in [0.717, 1.165) is 72.1 Å². The maximum Gasteiger partial charge on any atom is 0.249 e. The first-order chi connectivity index (χ1) is 27.7. The molecule has 0 bridgehead atoms. The fraction of sp³-hybridized carbons (Fsp3) is 0.465. The molecule has 0 aliphatic carbocycles. The van der Waals surface area contributed by atoms with Gasteiger partial charge in [-0.3, -0.25) is 4.79 Å². The van der Waals surface area contributed by atoms with Gasteiger partial charge in [-0.2, -0.15) is 4.98 Å². The van der Waals surface area contributed by atoms with Crippen LogP contribution < -0.4 is 49.7 Å². The Balaban J connectivity index is 0.000000305. The molecular formula is C43H60Cl2N6O8. The molecule has 1 saturated heterocycles. The Morgan fingerprint density at radius 3 is 2.17 bits per heavy atom. The number of nitrogens with zero attached hydrogens (tertiary/aromatic N) is 3. The second-order valence-corrected chi connectivity index (χ2v) is 13.3. The Labute approximate surface area is 360 Å². The molecule has 1 aromatic heterocycles. The minimum absolute atomic E-state index is 0. The van der Waals surface area contributed by atoms with Crippen LogP contribution in [0.4, 0.5) is 11.8 Å². The molecule has 0 saturated carbocycles. The molecule has 1 atom stereocenters. The van der Waals surface area contributed by atoms with E-state index in [1.807, 2.05) is 51.8 Å². The first kappa shape index (κ1) is 48.3. The van der Waals surface area contributed by atoms with Crippen molar-refractivity contribution < 1.29 is 38.0 Å². The number of carbonyl (C=O) groups excluding carboxylic acids is 1. The van der Waals surface area contributed by atoms with Gasteiger partial charge in [0.05, 0.1) is 46.2 Å². The fourth-order valence-corrected chi connectivity index (χ4v) is 6.64. The molecule has 3 aromatic carbocycles. The Morgan fingerprint density at radius 2 is 1.53 bits per heavy atom. The molecular weight excluding hydrogens is 799 g/mol. The lowest BCUT2D eigenvalue weighted by Gasteiger charge is -2.24. The van der Waals surface area contributed by atoms with E-state index in [1.54, 1.807) is 26.4 Å². The minimum Gasteiger partial charge on any atom is -0.493 e. The van der Waals surface area contributed by atoms with Crippen molar-refractivity contribution in [3.05, 3.63) is 59.2 Å². The lowest BCUT2D eigenvalue weighted by molar-refractivity contribution is -0.130. The summed E-state index contributed by atoms with van der Waals surface area (Å²) in [5, 5.41) is 7.15. The maximum atomic E-state index is 12.0. The largest absolute Gasteiger partial charge is 0.493 e. The number of rotatable bonds is 17. The highest BCUT2D eigenvalue weighted by atomic mass is 35.5. The number of hydrogen-bond acceptors (Lipinski definition) is 13. The third-order valence-corrected chi connectivity index (χ3v) is 9.40. The highest BCUT2D eigenvalue weighted by molar-refractivity contribution is 5.92. The van der Waals surface area contributed by atoms with E-state index in [4.69, 9.17) is 38.9 Å². The molecule has 3 heterocycles. The Kier molecular flexibility index (Phi) is 19.8. The number of ether oxygens (including phenoxy) is 7. The number of fused-ring (bicyclic) bond motifs is 2. The summed E-state index contributed by atoms with van der Waals surface area (Å²) in [6.07, 6.45) is 5.29. The molecule has 4 N–H and O–H groups in total. The average Bonchev–Trinajstić information content (AvgIpc) is 3.77. The maximum absolute atomic E-state index is 12.0. The van der Waals surface area contributed by atoms with E-state index in [-0.39, 0.29) is 36.8 Å². The summed E-state index contributed by atoms with van der Waals surface area (Å²) < 4.78 is 39.1. The molecule has 0 spiro atoms. The number of aromatic nitrogens is 2. The first-order valence-electron chi connectivity index (χ1n) is 19.8. The van der Waals surface area contributed by atoms with Gasteiger partial charge in [0, 0.05) is 56.0 Å². The van der Waals surface area contributed by atoms with Gasteiger partial charge >= 0.3 is 0 Å².